The Labute approximate surface area is 106 Å². The summed E-state index contributed by atoms with van der Waals surface area (Å²) < 4.78 is 0. The molecule has 0 unspecified atom stereocenters. The van der Waals surface area contributed by atoms with Crippen LogP contribution in [0.15, 0.2) is 16.5 Å². The Morgan fingerprint density at radius 2 is 2.28 bits per heavy atom. The Hall–Kier alpha value is -2.23. The molecule has 0 saturated heterocycles. The SMILES string of the molecule is CNc1ncnc(Sc2n[nH]c(C)n2)c1[N+](=O)[O-]. The summed E-state index contributed by atoms with van der Waals surface area (Å²) in [5.41, 5.74) is -0.188. The normalized spacial score (nSPS) is 10.3. The van der Waals surface area contributed by atoms with Crippen molar-refractivity contribution < 1.29 is 4.92 Å². The highest BCUT2D eigenvalue weighted by atomic mass is 32.2. The molecule has 0 aliphatic rings. The molecule has 2 heterocycles. The molecule has 2 aromatic heterocycles. The van der Waals surface area contributed by atoms with E-state index in [9.17, 15) is 10.1 Å². The second kappa shape index (κ2) is 4.96. The number of hydrogen-bond donors (Lipinski definition) is 2. The third-order valence-electron chi connectivity index (χ3n) is 1.97. The van der Waals surface area contributed by atoms with E-state index in [0.29, 0.717) is 11.0 Å². The summed E-state index contributed by atoms with van der Waals surface area (Å²) in [4.78, 5) is 22.2. The van der Waals surface area contributed by atoms with Gasteiger partial charge in [0.25, 0.3) is 0 Å². The molecule has 0 spiro atoms. The number of aryl methyl sites for hydroxylation is 1. The van der Waals surface area contributed by atoms with E-state index < -0.39 is 4.92 Å². The molecule has 18 heavy (non-hydrogen) atoms. The molecule has 2 aromatic rings. The topological polar surface area (TPSA) is 123 Å². The Morgan fingerprint density at radius 3 is 2.83 bits per heavy atom. The summed E-state index contributed by atoms with van der Waals surface area (Å²) in [6.07, 6.45) is 1.25. The van der Waals surface area contributed by atoms with E-state index in [1.807, 2.05) is 0 Å². The van der Waals surface area contributed by atoms with Gasteiger partial charge in [-0.25, -0.2) is 15.0 Å². The number of anilines is 1. The molecule has 2 N–H and O–H groups in total. The lowest BCUT2D eigenvalue weighted by atomic mass is 10.5. The van der Waals surface area contributed by atoms with Crippen LogP contribution in [0.3, 0.4) is 0 Å². The molecular formula is C8H9N7O2S. The van der Waals surface area contributed by atoms with E-state index in [4.69, 9.17) is 0 Å². The maximum absolute atomic E-state index is 11.0. The first-order chi connectivity index (χ1) is 8.61. The molecule has 0 bridgehead atoms. The highest BCUT2D eigenvalue weighted by Gasteiger charge is 2.23. The monoisotopic (exact) mass is 267 g/mol. The van der Waals surface area contributed by atoms with Crippen LogP contribution in [0.25, 0.3) is 0 Å². The van der Waals surface area contributed by atoms with Gasteiger partial charge in [0.2, 0.25) is 11.0 Å². The molecule has 0 atom stereocenters. The first-order valence-electron chi connectivity index (χ1n) is 4.86. The van der Waals surface area contributed by atoms with Gasteiger partial charge >= 0.3 is 5.69 Å². The summed E-state index contributed by atoms with van der Waals surface area (Å²) in [5.74, 6) is 0.785. The second-order valence-electron chi connectivity index (χ2n) is 3.19. The molecule has 9 nitrogen and oxygen atoms in total. The zero-order chi connectivity index (χ0) is 13.1. The van der Waals surface area contributed by atoms with Gasteiger partial charge < -0.3 is 5.32 Å². The van der Waals surface area contributed by atoms with E-state index >= 15 is 0 Å². The lowest BCUT2D eigenvalue weighted by Crippen LogP contribution is -2.02. The molecule has 0 aromatic carbocycles. The predicted molar refractivity (Wildman–Crippen MR) is 63.5 cm³/mol. The van der Waals surface area contributed by atoms with Gasteiger partial charge in [0.15, 0.2) is 5.03 Å². The molecule has 0 saturated carbocycles. The summed E-state index contributed by atoms with van der Waals surface area (Å²) in [5, 5.41) is 20.8. The van der Waals surface area contributed by atoms with Crippen molar-refractivity contribution in [2.24, 2.45) is 0 Å². The number of aromatic amines is 1. The van der Waals surface area contributed by atoms with E-state index in [1.165, 1.54) is 6.33 Å². The fourth-order valence-electron chi connectivity index (χ4n) is 1.24. The van der Waals surface area contributed by atoms with Crippen molar-refractivity contribution in [1.82, 2.24) is 25.1 Å². The lowest BCUT2D eigenvalue weighted by molar-refractivity contribution is -0.387. The van der Waals surface area contributed by atoms with Crippen molar-refractivity contribution in [2.75, 3.05) is 12.4 Å². The number of nitrogens with zero attached hydrogens (tertiary/aromatic N) is 5. The van der Waals surface area contributed by atoms with Crippen LogP contribution in [-0.4, -0.2) is 37.1 Å². The minimum atomic E-state index is -0.534. The van der Waals surface area contributed by atoms with Crippen molar-refractivity contribution >= 4 is 23.3 Å². The largest absolute Gasteiger partial charge is 0.367 e. The van der Waals surface area contributed by atoms with Gasteiger partial charge in [0.05, 0.1) is 4.92 Å². The van der Waals surface area contributed by atoms with Crippen LogP contribution in [0.5, 0.6) is 0 Å². The average Bonchev–Trinajstić information content (AvgIpc) is 2.74. The Balaban J connectivity index is 2.41. The van der Waals surface area contributed by atoms with Gasteiger partial charge in [-0.2, -0.15) is 0 Å². The fraction of sp³-hybridized carbons (Fsp3) is 0.250. The predicted octanol–water partition coefficient (Wildman–Crippen LogP) is 1.00. The van der Waals surface area contributed by atoms with Gasteiger partial charge in [-0.15, -0.1) is 5.10 Å². The highest BCUT2D eigenvalue weighted by molar-refractivity contribution is 7.99. The Morgan fingerprint density at radius 1 is 1.50 bits per heavy atom. The maximum atomic E-state index is 11.0. The number of nitro groups is 1. The van der Waals surface area contributed by atoms with E-state index in [0.717, 1.165) is 11.8 Å². The summed E-state index contributed by atoms with van der Waals surface area (Å²) in [7, 11) is 1.56. The van der Waals surface area contributed by atoms with Gasteiger partial charge in [-0.3, -0.25) is 15.2 Å². The minimum Gasteiger partial charge on any atom is -0.367 e. The van der Waals surface area contributed by atoms with E-state index in [1.54, 1.807) is 14.0 Å². The molecule has 0 aliphatic heterocycles. The van der Waals surface area contributed by atoms with E-state index in [2.05, 4.69) is 30.5 Å². The van der Waals surface area contributed by atoms with Gasteiger partial charge in [-0.1, -0.05) is 0 Å². The summed E-state index contributed by atoms with van der Waals surface area (Å²) in [6, 6.07) is 0. The van der Waals surface area contributed by atoms with Crippen LogP contribution < -0.4 is 5.32 Å². The van der Waals surface area contributed by atoms with Crippen molar-refractivity contribution in [3.8, 4) is 0 Å². The third-order valence-corrected chi connectivity index (χ3v) is 2.83. The quantitative estimate of drug-likeness (QED) is 0.478. The van der Waals surface area contributed by atoms with Crippen LogP contribution in [0, 0.1) is 17.0 Å². The third kappa shape index (κ3) is 2.37. The molecule has 2 rings (SSSR count). The smallest absolute Gasteiger partial charge is 0.343 e. The van der Waals surface area contributed by atoms with Crippen molar-refractivity contribution in [2.45, 2.75) is 17.1 Å². The minimum absolute atomic E-state index is 0.157. The first-order valence-corrected chi connectivity index (χ1v) is 5.67. The van der Waals surface area contributed by atoms with Crippen LogP contribution in [-0.2, 0) is 0 Å². The van der Waals surface area contributed by atoms with Crippen LogP contribution >= 0.6 is 11.8 Å². The van der Waals surface area contributed by atoms with Crippen molar-refractivity contribution in [3.63, 3.8) is 0 Å². The number of nitrogens with one attached hydrogen (secondary N) is 2. The first kappa shape index (κ1) is 12.2. The number of aromatic nitrogens is 5. The molecule has 0 amide bonds. The number of hydrogen-bond acceptors (Lipinski definition) is 8. The molecule has 0 radical (unpaired) electrons. The van der Waals surface area contributed by atoms with Gasteiger partial charge in [0.1, 0.15) is 12.2 Å². The summed E-state index contributed by atoms with van der Waals surface area (Å²) >= 11 is 1.01. The van der Waals surface area contributed by atoms with E-state index in [-0.39, 0.29) is 16.5 Å². The zero-order valence-corrected chi connectivity index (χ0v) is 10.4. The lowest BCUT2D eigenvalue weighted by Gasteiger charge is -2.03. The molecule has 0 fully saturated rings. The fourth-order valence-corrected chi connectivity index (χ4v) is 2.05. The van der Waals surface area contributed by atoms with Crippen molar-refractivity contribution in [1.29, 1.82) is 0 Å². The molecule has 0 aliphatic carbocycles. The van der Waals surface area contributed by atoms with Crippen LogP contribution in [0.1, 0.15) is 5.82 Å². The van der Waals surface area contributed by atoms with Crippen LogP contribution in [0.2, 0.25) is 0 Å². The summed E-state index contributed by atoms with van der Waals surface area (Å²) in [6.45, 7) is 1.74. The Kier molecular flexibility index (Phi) is 3.37. The molecule has 94 valence electrons. The highest BCUT2D eigenvalue weighted by Crippen LogP contribution is 2.34. The van der Waals surface area contributed by atoms with Crippen LogP contribution in [0.4, 0.5) is 11.5 Å². The Bertz CT molecular complexity index is 585. The number of H-pyrrole nitrogens is 1. The van der Waals surface area contributed by atoms with Crippen molar-refractivity contribution in [3.05, 3.63) is 22.3 Å². The van der Waals surface area contributed by atoms with Gasteiger partial charge in [-0.05, 0) is 18.7 Å². The number of rotatable bonds is 4. The zero-order valence-electron chi connectivity index (χ0n) is 9.54. The maximum Gasteiger partial charge on any atom is 0.343 e. The van der Waals surface area contributed by atoms with Gasteiger partial charge in [0, 0.05) is 7.05 Å². The molecular weight excluding hydrogens is 258 g/mol. The standard InChI is InChI=1S/C8H9N7O2S/c1-4-12-8(14-13-4)18-7-5(15(16)17)6(9-2)10-3-11-7/h3H,1-2H3,(H,9,10,11)(H,12,13,14). The molecule has 10 heteroatoms. The average molecular weight is 267 g/mol. The second-order valence-corrected chi connectivity index (χ2v) is 4.14.